The molecule has 8 heteroatoms. The van der Waals surface area contributed by atoms with Crippen LogP contribution in [-0.2, 0) is 0 Å². The van der Waals surface area contributed by atoms with Gasteiger partial charge in [-0.15, -0.1) is 0 Å². The van der Waals surface area contributed by atoms with E-state index in [1.807, 2.05) is 42.5 Å². The number of likely N-dealkylation sites (N-methyl/N-ethyl adjacent to an activating group) is 1. The summed E-state index contributed by atoms with van der Waals surface area (Å²) in [4.78, 5) is 18.0. The summed E-state index contributed by atoms with van der Waals surface area (Å²) in [6.45, 7) is 3.41. The lowest BCUT2D eigenvalue weighted by Crippen LogP contribution is -3.00. The van der Waals surface area contributed by atoms with Crippen LogP contribution in [-0.4, -0.2) is 47.9 Å². The van der Waals surface area contributed by atoms with Gasteiger partial charge in [0.1, 0.15) is 11.4 Å². The van der Waals surface area contributed by atoms with Gasteiger partial charge < -0.3 is 26.9 Å². The highest BCUT2D eigenvalue weighted by molar-refractivity contribution is 6.30. The monoisotopic (exact) mass is 507 g/mol. The number of rotatable bonds is 5. The Morgan fingerprint density at radius 3 is 2.11 bits per heavy atom. The number of aromatic nitrogens is 2. The predicted molar refractivity (Wildman–Crippen MR) is 137 cm³/mol. The molecule has 1 aliphatic rings. The number of halogens is 2. The molecule has 35 heavy (non-hydrogen) atoms. The van der Waals surface area contributed by atoms with Gasteiger partial charge in [0.25, 0.3) is 0 Å². The standard InChI is InChI=1S/C27H25ClN4O2.ClH/c1-30-15-17-31(18-16-30)25-19-29-32(23-11-9-22(28)10-12-23)27(33)26(25)34-24-13-7-21(8-14-24)20-5-3-2-4-6-20;/h2-14,19H,15-18H2,1H3;1H/p-1. The average molecular weight is 508 g/mol. The molecule has 0 atom stereocenters. The first-order valence-electron chi connectivity index (χ1n) is 11.2. The predicted octanol–water partition coefficient (Wildman–Crippen LogP) is 2.10. The highest BCUT2D eigenvalue weighted by atomic mass is 35.5. The number of anilines is 1. The number of hydrogen-bond donors (Lipinski definition) is 0. The van der Waals surface area contributed by atoms with Crippen LogP contribution in [0.1, 0.15) is 0 Å². The molecule has 0 amide bonds. The summed E-state index contributed by atoms with van der Waals surface area (Å²) in [6, 6.07) is 24.9. The molecule has 0 bridgehead atoms. The first-order valence-corrected chi connectivity index (χ1v) is 11.6. The summed E-state index contributed by atoms with van der Waals surface area (Å²) in [5.41, 5.74) is 3.23. The molecule has 1 aromatic heterocycles. The molecule has 1 aliphatic heterocycles. The van der Waals surface area contributed by atoms with Crippen LogP contribution >= 0.6 is 11.6 Å². The minimum atomic E-state index is -0.314. The van der Waals surface area contributed by atoms with Gasteiger partial charge in [-0.1, -0.05) is 54.1 Å². The number of hydrogen-bond acceptors (Lipinski definition) is 5. The number of nitrogens with zero attached hydrogens (tertiary/aromatic N) is 4. The third-order valence-electron chi connectivity index (χ3n) is 6.01. The maximum Gasteiger partial charge on any atom is 0.316 e. The molecule has 0 saturated carbocycles. The van der Waals surface area contributed by atoms with Crippen LogP contribution in [0.15, 0.2) is 89.9 Å². The number of piperazine rings is 1. The summed E-state index contributed by atoms with van der Waals surface area (Å²) >= 11 is 6.03. The first-order chi connectivity index (χ1) is 16.6. The maximum atomic E-state index is 13.6. The Kier molecular flexibility index (Phi) is 7.76. The molecular weight excluding hydrogens is 483 g/mol. The van der Waals surface area contributed by atoms with E-state index in [1.165, 1.54) is 4.68 Å². The Morgan fingerprint density at radius 2 is 1.46 bits per heavy atom. The highest BCUT2D eigenvalue weighted by Crippen LogP contribution is 2.31. The summed E-state index contributed by atoms with van der Waals surface area (Å²) in [5, 5.41) is 5.05. The molecule has 4 aromatic rings. The normalized spacial score (nSPS) is 13.8. The van der Waals surface area contributed by atoms with Crippen molar-refractivity contribution >= 4 is 17.3 Å². The third-order valence-corrected chi connectivity index (χ3v) is 6.26. The molecule has 0 spiro atoms. The van der Waals surface area contributed by atoms with E-state index in [4.69, 9.17) is 16.3 Å². The molecule has 1 saturated heterocycles. The molecule has 5 rings (SSSR count). The third kappa shape index (κ3) is 5.51. The molecule has 0 radical (unpaired) electrons. The van der Waals surface area contributed by atoms with Crippen LogP contribution in [0.25, 0.3) is 16.8 Å². The molecule has 1 fully saturated rings. The van der Waals surface area contributed by atoms with Crippen molar-refractivity contribution in [1.82, 2.24) is 14.7 Å². The van der Waals surface area contributed by atoms with Gasteiger partial charge in [0.2, 0.25) is 5.75 Å². The Balaban J connectivity index is 0.00000289. The fourth-order valence-electron chi connectivity index (χ4n) is 4.03. The van der Waals surface area contributed by atoms with E-state index in [0.717, 1.165) is 37.3 Å². The summed E-state index contributed by atoms with van der Waals surface area (Å²) < 4.78 is 7.59. The second-order valence-corrected chi connectivity index (χ2v) is 8.77. The Labute approximate surface area is 215 Å². The van der Waals surface area contributed by atoms with Gasteiger partial charge >= 0.3 is 5.56 Å². The number of ether oxygens (including phenoxy) is 1. The van der Waals surface area contributed by atoms with Crippen molar-refractivity contribution in [1.29, 1.82) is 0 Å². The zero-order valence-electron chi connectivity index (χ0n) is 19.3. The lowest BCUT2D eigenvalue weighted by Gasteiger charge is -2.34. The van der Waals surface area contributed by atoms with Gasteiger partial charge in [-0.05, 0) is 54.6 Å². The summed E-state index contributed by atoms with van der Waals surface area (Å²) in [6.07, 6.45) is 1.72. The molecule has 3 aromatic carbocycles. The van der Waals surface area contributed by atoms with Crippen molar-refractivity contribution in [3.05, 3.63) is 100 Å². The van der Waals surface area contributed by atoms with Crippen LogP contribution in [0.5, 0.6) is 11.5 Å². The first kappa shape index (κ1) is 24.8. The molecule has 0 unspecified atom stereocenters. The highest BCUT2D eigenvalue weighted by Gasteiger charge is 2.23. The average Bonchev–Trinajstić information content (AvgIpc) is 2.87. The Hall–Kier alpha value is -3.32. The van der Waals surface area contributed by atoms with Gasteiger partial charge in [0.15, 0.2) is 0 Å². The number of benzene rings is 3. The van der Waals surface area contributed by atoms with Crippen molar-refractivity contribution < 1.29 is 17.1 Å². The minimum Gasteiger partial charge on any atom is -1.00 e. The van der Waals surface area contributed by atoms with Crippen molar-refractivity contribution in [2.24, 2.45) is 0 Å². The largest absolute Gasteiger partial charge is 1.00 e. The van der Waals surface area contributed by atoms with Gasteiger partial charge in [-0.3, -0.25) is 4.79 Å². The second kappa shape index (κ2) is 11.0. The topological polar surface area (TPSA) is 50.6 Å². The SMILES string of the molecule is CN1CCN(c2cnn(-c3ccc(Cl)cc3)c(=O)c2Oc2ccc(-c3ccccc3)cc2)CC1.[Cl-]. The minimum absolute atomic E-state index is 0. The van der Waals surface area contributed by atoms with E-state index < -0.39 is 0 Å². The van der Waals surface area contributed by atoms with Gasteiger partial charge in [-0.2, -0.15) is 9.78 Å². The maximum absolute atomic E-state index is 13.6. The van der Waals surface area contributed by atoms with Crippen molar-refractivity contribution in [3.8, 4) is 28.3 Å². The molecule has 0 N–H and O–H groups in total. The molecular formula is C27H25Cl2N4O2-. The quantitative estimate of drug-likeness (QED) is 0.414. The zero-order valence-corrected chi connectivity index (χ0v) is 20.8. The van der Waals surface area contributed by atoms with Crippen molar-refractivity contribution in [3.63, 3.8) is 0 Å². The lowest BCUT2D eigenvalue weighted by atomic mass is 10.1. The van der Waals surface area contributed by atoms with Gasteiger partial charge in [-0.25, -0.2) is 0 Å². The Bertz CT molecular complexity index is 1320. The van der Waals surface area contributed by atoms with E-state index in [1.54, 1.807) is 30.5 Å². The van der Waals surface area contributed by atoms with Crippen molar-refractivity contribution in [2.75, 3.05) is 38.1 Å². The lowest BCUT2D eigenvalue weighted by molar-refractivity contribution is -0.00000717. The van der Waals surface area contributed by atoms with Gasteiger partial charge in [0, 0.05) is 31.2 Å². The van der Waals surface area contributed by atoms with Crippen LogP contribution < -0.4 is 27.6 Å². The fourth-order valence-corrected chi connectivity index (χ4v) is 4.15. The zero-order chi connectivity index (χ0) is 23.5. The van der Waals surface area contributed by atoms with E-state index in [2.05, 4.69) is 34.1 Å². The fraction of sp³-hybridized carbons (Fsp3) is 0.185. The molecule has 180 valence electrons. The van der Waals surface area contributed by atoms with E-state index in [-0.39, 0.29) is 23.7 Å². The smallest absolute Gasteiger partial charge is 0.316 e. The van der Waals surface area contributed by atoms with E-state index in [0.29, 0.717) is 22.1 Å². The molecule has 6 nitrogen and oxygen atoms in total. The van der Waals surface area contributed by atoms with Gasteiger partial charge in [0.05, 0.1) is 11.9 Å². The van der Waals surface area contributed by atoms with Crippen LogP contribution in [0, 0.1) is 0 Å². The summed E-state index contributed by atoms with van der Waals surface area (Å²) in [7, 11) is 2.10. The second-order valence-electron chi connectivity index (χ2n) is 8.34. The Morgan fingerprint density at radius 1 is 0.829 bits per heavy atom. The van der Waals surface area contributed by atoms with E-state index in [9.17, 15) is 4.79 Å². The van der Waals surface area contributed by atoms with Crippen LogP contribution in [0.4, 0.5) is 5.69 Å². The van der Waals surface area contributed by atoms with Crippen molar-refractivity contribution in [2.45, 2.75) is 0 Å². The van der Waals surface area contributed by atoms with Crippen LogP contribution in [0.2, 0.25) is 5.02 Å². The molecule has 0 aliphatic carbocycles. The van der Waals surface area contributed by atoms with Crippen LogP contribution in [0.3, 0.4) is 0 Å². The summed E-state index contributed by atoms with van der Waals surface area (Å²) in [5.74, 6) is 0.864. The molecule has 2 heterocycles. The van der Waals surface area contributed by atoms with E-state index >= 15 is 0 Å².